The number of guanidine groups is 1. The molecule has 2 unspecified atom stereocenters. The quantitative estimate of drug-likeness (QED) is 0.276. The summed E-state index contributed by atoms with van der Waals surface area (Å²) < 4.78 is 5.92. The molecular formula is C18H37IN4O2. The Labute approximate surface area is 170 Å². The zero-order chi connectivity index (χ0) is 18.2. The number of hydrogen-bond donors (Lipinski definition) is 3. The first-order chi connectivity index (χ1) is 11.4. The zero-order valence-corrected chi connectivity index (χ0v) is 19.0. The first-order valence-corrected chi connectivity index (χ1v) is 9.31. The lowest BCUT2D eigenvalue weighted by Gasteiger charge is -2.55. The third-order valence-electron chi connectivity index (χ3n) is 5.10. The molecule has 7 heteroatoms. The molecular weight excluding hydrogens is 431 g/mol. The predicted octanol–water partition coefficient (Wildman–Crippen LogP) is 2.67. The van der Waals surface area contributed by atoms with Crippen molar-refractivity contribution in [3.63, 3.8) is 0 Å². The fourth-order valence-electron chi connectivity index (χ4n) is 3.63. The fourth-order valence-corrected chi connectivity index (χ4v) is 3.63. The minimum absolute atomic E-state index is 0. The van der Waals surface area contributed by atoms with Crippen molar-refractivity contribution in [1.82, 2.24) is 16.0 Å². The van der Waals surface area contributed by atoms with Gasteiger partial charge in [0, 0.05) is 44.1 Å². The molecule has 1 aliphatic rings. The topological polar surface area (TPSA) is 74.8 Å². The number of ether oxygens (including phenoxy) is 1. The Balaban J connectivity index is 0.00000576. The van der Waals surface area contributed by atoms with Crippen LogP contribution in [0.3, 0.4) is 0 Å². The summed E-state index contributed by atoms with van der Waals surface area (Å²) in [6, 6.07) is 0.537. The van der Waals surface area contributed by atoms with Crippen LogP contribution in [0, 0.1) is 5.41 Å². The molecule has 0 aromatic carbocycles. The number of amides is 1. The number of hydrogen-bond acceptors (Lipinski definition) is 3. The minimum Gasteiger partial charge on any atom is -0.378 e. The molecule has 0 heterocycles. The lowest BCUT2D eigenvalue weighted by atomic mass is 9.58. The van der Waals surface area contributed by atoms with E-state index in [0.29, 0.717) is 25.1 Å². The fraction of sp³-hybridized carbons (Fsp3) is 0.889. The molecule has 0 radical (unpaired) electrons. The molecule has 25 heavy (non-hydrogen) atoms. The molecule has 148 valence electrons. The van der Waals surface area contributed by atoms with Gasteiger partial charge in [0.05, 0.1) is 6.10 Å². The van der Waals surface area contributed by atoms with Crippen molar-refractivity contribution in [3.8, 4) is 0 Å². The Kier molecular flexibility index (Phi) is 11.7. The molecule has 0 aromatic heterocycles. The molecule has 0 aromatic rings. The van der Waals surface area contributed by atoms with Gasteiger partial charge < -0.3 is 20.7 Å². The summed E-state index contributed by atoms with van der Waals surface area (Å²) in [7, 11) is 1.77. The third kappa shape index (κ3) is 6.58. The summed E-state index contributed by atoms with van der Waals surface area (Å²) >= 11 is 0. The molecule has 1 saturated carbocycles. The van der Waals surface area contributed by atoms with E-state index in [1.54, 1.807) is 7.05 Å². The van der Waals surface area contributed by atoms with Crippen LogP contribution in [0.1, 0.15) is 60.3 Å². The second kappa shape index (κ2) is 11.9. The number of nitrogens with zero attached hydrogens (tertiary/aromatic N) is 1. The van der Waals surface area contributed by atoms with Crippen molar-refractivity contribution < 1.29 is 9.53 Å². The summed E-state index contributed by atoms with van der Waals surface area (Å²) in [4.78, 5) is 16.0. The van der Waals surface area contributed by atoms with Crippen molar-refractivity contribution in [1.29, 1.82) is 0 Å². The van der Waals surface area contributed by atoms with E-state index in [2.05, 4.69) is 41.7 Å². The van der Waals surface area contributed by atoms with Gasteiger partial charge in [-0.15, -0.1) is 24.0 Å². The maximum absolute atomic E-state index is 11.7. The zero-order valence-electron chi connectivity index (χ0n) is 16.6. The second-order valence-corrected chi connectivity index (χ2v) is 6.79. The van der Waals surface area contributed by atoms with Gasteiger partial charge in [-0.05, 0) is 40.0 Å². The van der Waals surface area contributed by atoms with Gasteiger partial charge in [0.2, 0.25) is 5.91 Å². The van der Waals surface area contributed by atoms with Gasteiger partial charge in [0.15, 0.2) is 5.96 Å². The summed E-state index contributed by atoms with van der Waals surface area (Å²) in [5.41, 5.74) is 0.169. The van der Waals surface area contributed by atoms with Crippen LogP contribution in [-0.4, -0.2) is 50.3 Å². The molecule has 0 saturated heterocycles. The number of carbonyl (C=O) groups is 1. The summed E-state index contributed by atoms with van der Waals surface area (Å²) in [5.74, 6) is 0.822. The van der Waals surface area contributed by atoms with Crippen LogP contribution >= 0.6 is 24.0 Å². The number of aliphatic imine (C=N–C) groups is 1. The van der Waals surface area contributed by atoms with Gasteiger partial charge in [-0.3, -0.25) is 9.79 Å². The van der Waals surface area contributed by atoms with Crippen LogP contribution in [0.15, 0.2) is 4.99 Å². The highest BCUT2D eigenvalue weighted by Gasteiger charge is 2.53. The summed E-state index contributed by atoms with van der Waals surface area (Å²) in [5, 5.41) is 9.66. The van der Waals surface area contributed by atoms with Gasteiger partial charge in [-0.25, -0.2) is 0 Å². The van der Waals surface area contributed by atoms with Crippen LogP contribution in [0.4, 0.5) is 0 Å². The van der Waals surface area contributed by atoms with Crippen molar-refractivity contribution in [3.05, 3.63) is 0 Å². The Hall–Kier alpha value is -0.570. The lowest BCUT2D eigenvalue weighted by molar-refractivity contribution is -0.133. The van der Waals surface area contributed by atoms with Crippen LogP contribution in [-0.2, 0) is 9.53 Å². The molecule has 3 N–H and O–H groups in total. The summed E-state index contributed by atoms with van der Waals surface area (Å²) in [6.45, 7) is 11.8. The molecule has 6 nitrogen and oxygen atoms in total. The number of nitrogens with one attached hydrogen (secondary N) is 3. The van der Waals surface area contributed by atoms with E-state index in [-0.39, 0.29) is 41.3 Å². The van der Waals surface area contributed by atoms with Crippen LogP contribution in [0.5, 0.6) is 0 Å². The van der Waals surface area contributed by atoms with E-state index in [0.717, 1.165) is 31.8 Å². The molecule has 2 atom stereocenters. The molecule has 0 spiro atoms. The average molecular weight is 468 g/mol. The highest BCUT2D eigenvalue weighted by atomic mass is 127. The minimum atomic E-state index is 0. The normalized spacial score (nSPS) is 22.0. The van der Waals surface area contributed by atoms with Crippen molar-refractivity contribution in [2.24, 2.45) is 10.4 Å². The Bertz CT molecular complexity index is 425. The maximum Gasteiger partial charge on any atom is 0.221 e. The second-order valence-electron chi connectivity index (χ2n) is 6.79. The van der Waals surface area contributed by atoms with E-state index in [4.69, 9.17) is 4.74 Å². The largest absolute Gasteiger partial charge is 0.378 e. The van der Waals surface area contributed by atoms with E-state index in [1.165, 1.54) is 0 Å². The number of rotatable bonds is 9. The van der Waals surface area contributed by atoms with Crippen LogP contribution < -0.4 is 16.0 Å². The van der Waals surface area contributed by atoms with Gasteiger partial charge in [0.1, 0.15) is 0 Å². The SMILES string of the molecule is CCOC1CC(NC(=NC)NCCC(=O)NC(C)C)C1(CC)CC.I. The third-order valence-corrected chi connectivity index (χ3v) is 5.10. The smallest absolute Gasteiger partial charge is 0.221 e. The number of halogens is 1. The molecule has 1 rings (SSSR count). The van der Waals surface area contributed by atoms with Gasteiger partial charge in [-0.2, -0.15) is 0 Å². The standard InChI is InChI=1S/C18H36N4O2.HI/c1-7-18(8-2)14(12-15(18)24-9-3)22-17(19-6)20-11-10-16(23)21-13(4)5;/h13-15H,7-12H2,1-6H3,(H,21,23)(H2,19,20,22);1H. The van der Waals surface area contributed by atoms with Crippen molar-refractivity contribution in [2.75, 3.05) is 20.2 Å². The molecule has 1 aliphatic carbocycles. The van der Waals surface area contributed by atoms with E-state index in [1.807, 2.05) is 13.8 Å². The summed E-state index contributed by atoms with van der Waals surface area (Å²) in [6.07, 6.45) is 3.94. The molecule has 1 amide bonds. The van der Waals surface area contributed by atoms with Crippen LogP contribution in [0.25, 0.3) is 0 Å². The maximum atomic E-state index is 11.7. The molecule has 1 fully saturated rings. The first kappa shape index (κ1) is 24.4. The molecule has 0 aliphatic heterocycles. The predicted molar refractivity (Wildman–Crippen MR) is 115 cm³/mol. The lowest BCUT2D eigenvalue weighted by Crippen LogP contribution is -2.65. The Morgan fingerprint density at radius 2 is 1.92 bits per heavy atom. The Morgan fingerprint density at radius 3 is 2.40 bits per heavy atom. The van der Waals surface area contributed by atoms with Crippen molar-refractivity contribution in [2.45, 2.75) is 78.5 Å². The highest BCUT2D eigenvalue weighted by Crippen LogP contribution is 2.48. The van der Waals surface area contributed by atoms with E-state index < -0.39 is 0 Å². The number of carbonyl (C=O) groups excluding carboxylic acids is 1. The average Bonchev–Trinajstić information content (AvgIpc) is 2.52. The highest BCUT2D eigenvalue weighted by molar-refractivity contribution is 14.0. The molecule has 0 bridgehead atoms. The van der Waals surface area contributed by atoms with E-state index in [9.17, 15) is 4.79 Å². The van der Waals surface area contributed by atoms with Gasteiger partial charge >= 0.3 is 0 Å². The Morgan fingerprint density at radius 1 is 1.28 bits per heavy atom. The van der Waals surface area contributed by atoms with Crippen LogP contribution in [0.2, 0.25) is 0 Å². The van der Waals surface area contributed by atoms with Crippen molar-refractivity contribution >= 4 is 35.8 Å². The monoisotopic (exact) mass is 468 g/mol. The van der Waals surface area contributed by atoms with Gasteiger partial charge in [0.25, 0.3) is 0 Å². The van der Waals surface area contributed by atoms with E-state index >= 15 is 0 Å². The first-order valence-electron chi connectivity index (χ1n) is 9.31. The van der Waals surface area contributed by atoms with Gasteiger partial charge in [-0.1, -0.05) is 13.8 Å².